The van der Waals surface area contributed by atoms with E-state index in [0.29, 0.717) is 21.9 Å². The predicted molar refractivity (Wildman–Crippen MR) is 117 cm³/mol. The van der Waals surface area contributed by atoms with Crippen LogP contribution in [0.3, 0.4) is 0 Å². The standard InChI is InChI=1S/C20H20BrN5O2S/c1-22-29(27,28)18-8-3-2-7-17(18)25-19-16(21)12-23-20(26-19)24-15-10-9-13-5-4-6-14(13)11-15/h2-3,7-12,22H,4-6H2,1H3,(H2,23,24,25,26). The molecule has 1 aliphatic rings. The SMILES string of the molecule is CNS(=O)(=O)c1ccccc1Nc1nc(Nc2ccc3c(c2)CCC3)ncc1Br. The summed E-state index contributed by atoms with van der Waals surface area (Å²) in [6.07, 6.45) is 5.04. The molecule has 3 aromatic rings. The fraction of sp³-hybridized carbons (Fsp3) is 0.200. The van der Waals surface area contributed by atoms with E-state index in [1.54, 1.807) is 24.4 Å². The van der Waals surface area contributed by atoms with Crippen molar-refractivity contribution in [1.29, 1.82) is 0 Å². The van der Waals surface area contributed by atoms with Crippen LogP contribution in [-0.2, 0) is 22.9 Å². The smallest absolute Gasteiger partial charge is 0.242 e. The Labute approximate surface area is 178 Å². The van der Waals surface area contributed by atoms with Crippen molar-refractivity contribution in [1.82, 2.24) is 14.7 Å². The largest absolute Gasteiger partial charge is 0.338 e. The molecule has 0 atom stereocenters. The van der Waals surface area contributed by atoms with Gasteiger partial charge in [0.05, 0.1) is 10.2 Å². The molecule has 3 N–H and O–H groups in total. The van der Waals surface area contributed by atoms with Gasteiger partial charge in [0.25, 0.3) is 0 Å². The number of nitrogens with zero attached hydrogens (tertiary/aromatic N) is 2. The molecule has 0 unspecified atom stereocenters. The minimum absolute atomic E-state index is 0.140. The van der Waals surface area contributed by atoms with Crippen molar-refractivity contribution < 1.29 is 8.42 Å². The molecule has 1 aromatic heterocycles. The van der Waals surface area contributed by atoms with Gasteiger partial charge in [-0.1, -0.05) is 18.2 Å². The van der Waals surface area contributed by atoms with Gasteiger partial charge in [0.2, 0.25) is 16.0 Å². The molecule has 7 nitrogen and oxygen atoms in total. The number of benzene rings is 2. The molecule has 0 amide bonds. The first-order valence-corrected chi connectivity index (χ1v) is 11.4. The number of fused-ring (bicyclic) bond motifs is 1. The van der Waals surface area contributed by atoms with E-state index in [1.807, 2.05) is 6.07 Å². The van der Waals surface area contributed by atoms with Crippen LogP contribution in [-0.4, -0.2) is 25.4 Å². The van der Waals surface area contributed by atoms with Crippen LogP contribution in [0.25, 0.3) is 0 Å². The number of aryl methyl sites for hydroxylation is 2. The van der Waals surface area contributed by atoms with E-state index in [2.05, 4.69) is 53.4 Å². The zero-order chi connectivity index (χ0) is 20.4. The number of halogens is 1. The van der Waals surface area contributed by atoms with Crippen LogP contribution in [0.5, 0.6) is 0 Å². The third-order valence-corrected chi connectivity index (χ3v) is 6.85. The summed E-state index contributed by atoms with van der Waals surface area (Å²) in [7, 11) is -2.23. The van der Waals surface area contributed by atoms with Crippen LogP contribution in [0.2, 0.25) is 0 Å². The quantitative estimate of drug-likeness (QED) is 0.498. The molecule has 1 heterocycles. The first-order valence-electron chi connectivity index (χ1n) is 9.17. The second-order valence-corrected chi connectivity index (χ2v) is 9.39. The summed E-state index contributed by atoms with van der Waals surface area (Å²) in [6.45, 7) is 0. The van der Waals surface area contributed by atoms with Gasteiger partial charge in [0.15, 0.2) is 0 Å². The molecule has 150 valence electrons. The Balaban J connectivity index is 1.62. The van der Waals surface area contributed by atoms with Gasteiger partial charge in [-0.3, -0.25) is 0 Å². The summed E-state index contributed by atoms with van der Waals surface area (Å²) in [5, 5.41) is 6.32. The van der Waals surface area contributed by atoms with Crippen LogP contribution >= 0.6 is 15.9 Å². The highest BCUT2D eigenvalue weighted by Crippen LogP contribution is 2.30. The topological polar surface area (TPSA) is 96.0 Å². The Kier molecular flexibility index (Phi) is 5.53. The first-order chi connectivity index (χ1) is 14.0. The third kappa shape index (κ3) is 4.26. The molecule has 0 saturated carbocycles. The second-order valence-electron chi connectivity index (χ2n) is 6.68. The van der Waals surface area contributed by atoms with E-state index in [4.69, 9.17) is 0 Å². The molecule has 1 aliphatic carbocycles. The van der Waals surface area contributed by atoms with Gasteiger partial charge in [-0.05, 0) is 77.6 Å². The molecule has 0 spiro atoms. The lowest BCUT2D eigenvalue weighted by Gasteiger charge is -2.14. The van der Waals surface area contributed by atoms with Crippen molar-refractivity contribution in [2.24, 2.45) is 0 Å². The number of sulfonamides is 1. The number of para-hydroxylation sites is 1. The maximum Gasteiger partial charge on any atom is 0.242 e. The molecule has 4 rings (SSSR count). The lowest BCUT2D eigenvalue weighted by Crippen LogP contribution is -2.19. The summed E-state index contributed by atoms with van der Waals surface area (Å²) >= 11 is 3.43. The van der Waals surface area contributed by atoms with Crippen molar-refractivity contribution in [3.05, 3.63) is 64.3 Å². The van der Waals surface area contributed by atoms with Gasteiger partial charge in [0.1, 0.15) is 10.7 Å². The van der Waals surface area contributed by atoms with E-state index in [1.165, 1.54) is 30.7 Å². The van der Waals surface area contributed by atoms with Gasteiger partial charge in [-0.2, -0.15) is 4.98 Å². The maximum atomic E-state index is 12.3. The van der Waals surface area contributed by atoms with Crippen molar-refractivity contribution in [3.8, 4) is 0 Å². The second kappa shape index (κ2) is 8.10. The summed E-state index contributed by atoms with van der Waals surface area (Å²) in [5.74, 6) is 0.880. The normalized spacial score (nSPS) is 13.2. The van der Waals surface area contributed by atoms with Crippen molar-refractivity contribution in [2.75, 3.05) is 17.7 Å². The molecule has 0 saturated heterocycles. The highest BCUT2D eigenvalue weighted by atomic mass is 79.9. The number of hydrogen-bond acceptors (Lipinski definition) is 6. The van der Waals surface area contributed by atoms with Crippen molar-refractivity contribution in [3.63, 3.8) is 0 Å². The van der Waals surface area contributed by atoms with Crippen LogP contribution in [0.4, 0.5) is 23.1 Å². The number of nitrogens with one attached hydrogen (secondary N) is 3. The van der Waals surface area contributed by atoms with Gasteiger partial charge in [0, 0.05) is 11.9 Å². The minimum atomic E-state index is -3.61. The fourth-order valence-electron chi connectivity index (χ4n) is 3.34. The molecule has 0 fully saturated rings. The average Bonchev–Trinajstić information content (AvgIpc) is 3.19. The number of rotatable bonds is 6. The average molecular weight is 474 g/mol. The zero-order valence-corrected chi connectivity index (χ0v) is 18.1. The molecule has 29 heavy (non-hydrogen) atoms. The van der Waals surface area contributed by atoms with E-state index in [0.717, 1.165) is 18.5 Å². The molecule has 0 radical (unpaired) electrons. The van der Waals surface area contributed by atoms with E-state index in [9.17, 15) is 8.42 Å². The summed E-state index contributed by atoms with van der Waals surface area (Å²) in [5.41, 5.74) is 4.11. The van der Waals surface area contributed by atoms with Crippen LogP contribution in [0.15, 0.2) is 58.0 Å². The summed E-state index contributed by atoms with van der Waals surface area (Å²) in [6, 6.07) is 13.0. The highest BCUT2D eigenvalue weighted by molar-refractivity contribution is 9.10. The molecule has 0 aliphatic heterocycles. The predicted octanol–water partition coefficient (Wildman–Crippen LogP) is 4.12. The monoisotopic (exact) mass is 473 g/mol. The first kappa shape index (κ1) is 19.8. The molecule has 2 aromatic carbocycles. The lowest BCUT2D eigenvalue weighted by molar-refractivity contribution is 0.588. The van der Waals surface area contributed by atoms with Crippen LogP contribution in [0, 0.1) is 0 Å². The van der Waals surface area contributed by atoms with Crippen molar-refractivity contribution >= 4 is 49.1 Å². The Bertz CT molecular complexity index is 1170. The number of aromatic nitrogens is 2. The summed E-state index contributed by atoms with van der Waals surface area (Å²) < 4.78 is 27.5. The molecular formula is C20H20BrN5O2S. The molecule has 0 bridgehead atoms. The Morgan fingerprint density at radius 2 is 1.83 bits per heavy atom. The third-order valence-electron chi connectivity index (χ3n) is 4.80. The molecule has 9 heteroatoms. The Morgan fingerprint density at radius 3 is 2.66 bits per heavy atom. The number of anilines is 4. The van der Waals surface area contributed by atoms with E-state index in [-0.39, 0.29) is 4.90 Å². The van der Waals surface area contributed by atoms with Crippen molar-refractivity contribution in [2.45, 2.75) is 24.2 Å². The number of hydrogen-bond donors (Lipinski definition) is 3. The molecular weight excluding hydrogens is 454 g/mol. The van der Waals surface area contributed by atoms with Gasteiger partial charge in [-0.15, -0.1) is 0 Å². The van der Waals surface area contributed by atoms with Gasteiger partial charge < -0.3 is 10.6 Å². The fourth-order valence-corrected chi connectivity index (χ4v) is 4.51. The minimum Gasteiger partial charge on any atom is -0.338 e. The van der Waals surface area contributed by atoms with E-state index < -0.39 is 10.0 Å². The Morgan fingerprint density at radius 1 is 1.03 bits per heavy atom. The summed E-state index contributed by atoms with van der Waals surface area (Å²) in [4.78, 5) is 8.97. The highest BCUT2D eigenvalue weighted by Gasteiger charge is 2.18. The Hall–Kier alpha value is -2.49. The van der Waals surface area contributed by atoms with Crippen LogP contribution in [0.1, 0.15) is 17.5 Å². The maximum absolute atomic E-state index is 12.3. The van der Waals surface area contributed by atoms with Crippen LogP contribution < -0.4 is 15.4 Å². The van der Waals surface area contributed by atoms with Gasteiger partial charge in [-0.25, -0.2) is 18.1 Å². The van der Waals surface area contributed by atoms with E-state index >= 15 is 0 Å². The lowest BCUT2D eigenvalue weighted by atomic mass is 10.1. The zero-order valence-electron chi connectivity index (χ0n) is 15.7. The van der Waals surface area contributed by atoms with Gasteiger partial charge >= 0.3 is 0 Å².